The Labute approximate surface area is 155 Å². The molecule has 4 aromatic carbocycles. The van der Waals surface area contributed by atoms with Crippen LogP contribution in [0.3, 0.4) is 0 Å². The fraction of sp³-hybridized carbons (Fsp3) is 0.0417. The third-order valence-corrected chi connectivity index (χ3v) is 4.97. The normalized spacial score (nSPS) is 11.3. The standard InChI is InChI=1S/C24H16O3/c1-26-17-12-10-15(11-13-17)20-14-16-6-2-3-7-18(16)24-22(20)23(25)19-8-4-5-9-21(19)27-24/h2-14H,1H3. The van der Waals surface area contributed by atoms with Gasteiger partial charge in [-0.2, -0.15) is 0 Å². The van der Waals surface area contributed by atoms with E-state index in [9.17, 15) is 4.79 Å². The fourth-order valence-corrected chi connectivity index (χ4v) is 3.63. The Bertz CT molecular complexity index is 1360. The lowest BCUT2D eigenvalue weighted by molar-refractivity contribution is 0.415. The molecule has 0 bridgehead atoms. The van der Waals surface area contributed by atoms with E-state index in [0.717, 1.165) is 27.6 Å². The molecule has 0 radical (unpaired) electrons. The molecule has 130 valence electrons. The van der Waals surface area contributed by atoms with Gasteiger partial charge in [-0.05, 0) is 46.8 Å². The fourth-order valence-electron chi connectivity index (χ4n) is 3.63. The molecule has 1 heterocycles. The summed E-state index contributed by atoms with van der Waals surface area (Å²) in [5.41, 5.74) is 3.04. The first-order chi connectivity index (χ1) is 13.3. The number of hydrogen-bond acceptors (Lipinski definition) is 3. The van der Waals surface area contributed by atoms with Gasteiger partial charge in [-0.15, -0.1) is 0 Å². The minimum absolute atomic E-state index is 0.0107. The lowest BCUT2D eigenvalue weighted by Gasteiger charge is -2.11. The smallest absolute Gasteiger partial charge is 0.201 e. The van der Waals surface area contributed by atoms with Crippen molar-refractivity contribution in [3.05, 3.63) is 89.1 Å². The third kappa shape index (κ3) is 2.40. The van der Waals surface area contributed by atoms with Crippen molar-refractivity contribution in [3.8, 4) is 16.9 Å². The molecule has 0 spiro atoms. The Kier molecular flexibility index (Phi) is 3.47. The van der Waals surface area contributed by atoms with Crippen LogP contribution in [0.25, 0.3) is 43.8 Å². The number of hydrogen-bond donors (Lipinski definition) is 0. The summed E-state index contributed by atoms with van der Waals surface area (Å²) in [4.78, 5) is 13.4. The molecule has 5 rings (SSSR count). The number of methoxy groups -OCH3 is 1. The monoisotopic (exact) mass is 352 g/mol. The van der Waals surface area contributed by atoms with E-state index in [1.807, 2.05) is 72.8 Å². The van der Waals surface area contributed by atoms with Crippen LogP contribution in [0.2, 0.25) is 0 Å². The van der Waals surface area contributed by atoms with E-state index < -0.39 is 0 Å². The molecule has 3 nitrogen and oxygen atoms in total. The second-order valence-corrected chi connectivity index (χ2v) is 6.51. The Hall–Kier alpha value is -3.59. The van der Waals surface area contributed by atoms with Crippen LogP contribution < -0.4 is 10.2 Å². The molecule has 3 heteroatoms. The lowest BCUT2D eigenvalue weighted by atomic mass is 9.95. The summed E-state index contributed by atoms with van der Waals surface area (Å²) >= 11 is 0. The van der Waals surface area contributed by atoms with E-state index in [1.54, 1.807) is 7.11 Å². The first kappa shape index (κ1) is 15.6. The summed E-state index contributed by atoms with van der Waals surface area (Å²) in [5.74, 6) is 0.779. The zero-order valence-corrected chi connectivity index (χ0v) is 14.7. The highest BCUT2D eigenvalue weighted by Gasteiger charge is 2.16. The Morgan fingerprint density at radius 1 is 0.815 bits per heavy atom. The quantitative estimate of drug-likeness (QED) is 0.299. The highest BCUT2D eigenvalue weighted by atomic mass is 16.5. The number of rotatable bonds is 2. The molecule has 0 amide bonds. The molecule has 1 aromatic heterocycles. The number of para-hydroxylation sites is 1. The topological polar surface area (TPSA) is 39.4 Å². The summed E-state index contributed by atoms with van der Waals surface area (Å²) in [7, 11) is 1.64. The number of ether oxygens (including phenoxy) is 1. The van der Waals surface area contributed by atoms with Gasteiger partial charge in [0.25, 0.3) is 0 Å². The average Bonchev–Trinajstić information content (AvgIpc) is 2.73. The van der Waals surface area contributed by atoms with Crippen LogP contribution in [0.15, 0.2) is 88.1 Å². The molecule has 0 aliphatic heterocycles. The van der Waals surface area contributed by atoms with Crippen molar-refractivity contribution < 1.29 is 9.15 Å². The van der Waals surface area contributed by atoms with Gasteiger partial charge in [-0.25, -0.2) is 0 Å². The van der Waals surface area contributed by atoms with Crippen molar-refractivity contribution in [2.75, 3.05) is 7.11 Å². The molecule has 27 heavy (non-hydrogen) atoms. The van der Waals surface area contributed by atoms with E-state index in [4.69, 9.17) is 9.15 Å². The van der Waals surface area contributed by atoms with Crippen LogP contribution >= 0.6 is 0 Å². The molecular weight excluding hydrogens is 336 g/mol. The van der Waals surface area contributed by atoms with Crippen LogP contribution in [-0.2, 0) is 0 Å². The van der Waals surface area contributed by atoms with Gasteiger partial charge in [-0.1, -0.05) is 48.5 Å². The van der Waals surface area contributed by atoms with E-state index in [-0.39, 0.29) is 5.43 Å². The van der Waals surface area contributed by atoms with E-state index >= 15 is 0 Å². The first-order valence-corrected chi connectivity index (χ1v) is 8.78. The molecule has 0 saturated carbocycles. The molecule has 0 unspecified atom stereocenters. The van der Waals surface area contributed by atoms with Gasteiger partial charge < -0.3 is 9.15 Å². The first-order valence-electron chi connectivity index (χ1n) is 8.78. The molecule has 0 aliphatic carbocycles. The van der Waals surface area contributed by atoms with Crippen molar-refractivity contribution in [2.45, 2.75) is 0 Å². The van der Waals surface area contributed by atoms with Crippen LogP contribution in [0.4, 0.5) is 0 Å². The van der Waals surface area contributed by atoms with Gasteiger partial charge in [0.2, 0.25) is 5.43 Å². The molecular formula is C24H16O3. The van der Waals surface area contributed by atoms with Crippen molar-refractivity contribution in [2.24, 2.45) is 0 Å². The predicted octanol–water partition coefficient (Wildman–Crippen LogP) is 5.78. The van der Waals surface area contributed by atoms with Gasteiger partial charge >= 0.3 is 0 Å². The van der Waals surface area contributed by atoms with Crippen LogP contribution in [0, 0.1) is 0 Å². The van der Waals surface area contributed by atoms with Crippen molar-refractivity contribution in [1.29, 1.82) is 0 Å². The van der Waals surface area contributed by atoms with Gasteiger partial charge in [0, 0.05) is 5.39 Å². The maximum atomic E-state index is 13.4. The zero-order valence-electron chi connectivity index (χ0n) is 14.7. The molecule has 0 fully saturated rings. The number of benzene rings is 4. The lowest BCUT2D eigenvalue weighted by Crippen LogP contribution is -2.04. The average molecular weight is 352 g/mol. The maximum Gasteiger partial charge on any atom is 0.201 e. The molecule has 0 N–H and O–H groups in total. The molecule has 0 atom stereocenters. The zero-order chi connectivity index (χ0) is 18.4. The summed E-state index contributed by atoms with van der Waals surface area (Å²) in [5, 5.41) is 3.18. The second-order valence-electron chi connectivity index (χ2n) is 6.51. The minimum Gasteiger partial charge on any atom is -0.497 e. The van der Waals surface area contributed by atoms with Gasteiger partial charge in [0.15, 0.2) is 0 Å². The summed E-state index contributed by atoms with van der Waals surface area (Å²) in [6.07, 6.45) is 0. The summed E-state index contributed by atoms with van der Waals surface area (Å²) in [6, 6.07) is 25.2. The predicted molar refractivity (Wildman–Crippen MR) is 109 cm³/mol. The van der Waals surface area contributed by atoms with Crippen LogP contribution in [-0.4, -0.2) is 7.11 Å². The van der Waals surface area contributed by atoms with Crippen molar-refractivity contribution in [1.82, 2.24) is 0 Å². The largest absolute Gasteiger partial charge is 0.497 e. The molecule has 0 saturated heterocycles. The van der Waals surface area contributed by atoms with E-state index in [0.29, 0.717) is 21.9 Å². The maximum absolute atomic E-state index is 13.4. The molecule has 5 aromatic rings. The Morgan fingerprint density at radius 3 is 2.30 bits per heavy atom. The number of fused-ring (bicyclic) bond motifs is 4. The highest BCUT2D eigenvalue weighted by molar-refractivity contribution is 6.12. The van der Waals surface area contributed by atoms with Gasteiger partial charge in [0.1, 0.15) is 16.9 Å². The van der Waals surface area contributed by atoms with E-state index in [2.05, 4.69) is 6.07 Å². The Morgan fingerprint density at radius 2 is 1.52 bits per heavy atom. The highest BCUT2D eigenvalue weighted by Crippen LogP contribution is 2.35. The summed E-state index contributed by atoms with van der Waals surface area (Å²) < 4.78 is 11.5. The second kappa shape index (κ2) is 5.99. The SMILES string of the molecule is COc1ccc(-c2cc3ccccc3c3oc4ccccc4c(=O)c23)cc1. The van der Waals surface area contributed by atoms with E-state index in [1.165, 1.54) is 0 Å². The van der Waals surface area contributed by atoms with Crippen LogP contribution in [0.1, 0.15) is 0 Å². The minimum atomic E-state index is -0.0107. The summed E-state index contributed by atoms with van der Waals surface area (Å²) in [6.45, 7) is 0. The third-order valence-electron chi connectivity index (χ3n) is 4.97. The van der Waals surface area contributed by atoms with Gasteiger partial charge in [0.05, 0.1) is 17.9 Å². The van der Waals surface area contributed by atoms with Crippen molar-refractivity contribution in [3.63, 3.8) is 0 Å². The van der Waals surface area contributed by atoms with Crippen LogP contribution in [0.5, 0.6) is 5.75 Å². The molecule has 0 aliphatic rings. The van der Waals surface area contributed by atoms with Crippen molar-refractivity contribution >= 4 is 32.7 Å². The Balaban J connectivity index is 1.98. The van der Waals surface area contributed by atoms with Gasteiger partial charge in [-0.3, -0.25) is 4.79 Å².